The molecule has 0 spiro atoms. The monoisotopic (exact) mass is 286 g/mol. The molecule has 0 unspecified atom stereocenters. The number of alkyl halides is 3. The number of hydrogen-bond acceptors (Lipinski definition) is 3. The molecule has 0 aliphatic carbocycles. The summed E-state index contributed by atoms with van der Waals surface area (Å²) in [6, 6.07) is 7.33. The summed E-state index contributed by atoms with van der Waals surface area (Å²) in [6.07, 6.45) is -4.22. The molecule has 0 atom stereocenters. The summed E-state index contributed by atoms with van der Waals surface area (Å²) < 4.78 is 43.1. The Bertz CT molecular complexity index is 577. The minimum Gasteiger partial charge on any atom is -0.459 e. The third-order valence-corrected chi connectivity index (χ3v) is 3.20. The van der Waals surface area contributed by atoms with Crippen LogP contribution >= 0.6 is 0 Å². The molecule has 0 amide bonds. The molecule has 0 aliphatic rings. The molecule has 0 saturated carbocycles. The van der Waals surface area contributed by atoms with Crippen LogP contribution in [0.3, 0.4) is 0 Å². The van der Waals surface area contributed by atoms with Gasteiger partial charge in [0.15, 0.2) is 0 Å². The lowest BCUT2D eigenvalue weighted by Crippen LogP contribution is -2.33. The van der Waals surface area contributed by atoms with Crippen molar-refractivity contribution in [3.05, 3.63) is 35.6 Å². The molecule has 20 heavy (non-hydrogen) atoms. The average molecular weight is 286 g/mol. The molecule has 0 aliphatic heterocycles. The molecular weight excluding hydrogens is 269 g/mol. The lowest BCUT2D eigenvalue weighted by molar-refractivity contribution is -0.147. The lowest BCUT2D eigenvalue weighted by atomic mass is 10.1. The van der Waals surface area contributed by atoms with Crippen LogP contribution in [-0.4, -0.2) is 24.2 Å². The van der Waals surface area contributed by atoms with Crippen LogP contribution in [0.5, 0.6) is 0 Å². The van der Waals surface area contributed by atoms with E-state index in [-0.39, 0.29) is 13.1 Å². The number of hydrogen-bond donors (Lipinski definition) is 1. The molecule has 110 valence electrons. The molecule has 0 radical (unpaired) electrons. The highest BCUT2D eigenvalue weighted by atomic mass is 19.4. The van der Waals surface area contributed by atoms with E-state index in [1.807, 2.05) is 18.2 Å². The molecule has 0 saturated heterocycles. The third-order valence-electron chi connectivity index (χ3n) is 3.20. The van der Waals surface area contributed by atoms with E-state index in [4.69, 9.17) is 10.2 Å². The van der Waals surface area contributed by atoms with Crippen molar-refractivity contribution in [3.8, 4) is 0 Å². The normalized spacial score (nSPS) is 12.5. The van der Waals surface area contributed by atoms with Gasteiger partial charge in [0.05, 0.1) is 13.1 Å². The quantitative estimate of drug-likeness (QED) is 0.917. The van der Waals surface area contributed by atoms with E-state index in [0.717, 1.165) is 10.9 Å². The summed E-state index contributed by atoms with van der Waals surface area (Å²) in [5.41, 5.74) is 7.14. The van der Waals surface area contributed by atoms with E-state index in [1.165, 1.54) is 4.90 Å². The first-order valence-corrected chi connectivity index (χ1v) is 6.43. The first-order valence-electron chi connectivity index (χ1n) is 6.43. The maximum Gasteiger partial charge on any atom is 0.401 e. The predicted molar refractivity (Wildman–Crippen MR) is 71.1 cm³/mol. The zero-order valence-electron chi connectivity index (χ0n) is 11.2. The second kappa shape index (κ2) is 5.85. The van der Waals surface area contributed by atoms with E-state index < -0.39 is 12.7 Å². The number of nitrogens with zero attached hydrogens (tertiary/aromatic N) is 1. The second-order valence-electron chi connectivity index (χ2n) is 4.62. The fourth-order valence-electron chi connectivity index (χ4n) is 2.24. The minimum absolute atomic E-state index is 0.108. The van der Waals surface area contributed by atoms with Gasteiger partial charge in [0.1, 0.15) is 11.3 Å². The molecule has 2 rings (SSSR count). The topological polar surface area (TPSA) is 42.4 Å². The zero-order valence-corrected chi connectivity index (χ0v) is 11.2. The molecule has 0 bridgehead atoms. The number of nitrogens with two attached hydrogens (primary N) is 1. The predicted octanol–water partition coefficient (Wildman–Crippen LogP) is 3.28. The van der Waals surface area contributed by atoms with Crippen LogP contribution in [0.15, 0.2) is 28.7 Å². The Kier molecular flexibility index (Phi) is 4.35. The van der Waals surface area contributed by atoms with E-state index in [9.17, 15) is 13.2 Å². The van der Waals surface area contributed by atoms with Crippen molar-refractivity contribution in [2.75, 3.05) is 13.1 Å². The van der Waals surface area contributed by atoms with Crippen LogP contribution in [0.25, 0.3) is 11.0 Å². The summed E-state index contributed by atoms with van der Waals surface area (Å²) in [6.45, 7) is 1.38. The van der Waals surface area contributed by atoms with E-state index in [1.54, 1.807) is 13.0 Å². The van der Waals surface area contributed by atoms with Crippen LogP contribution in [-0.2, 0) is 13.1 Å². The third kappa shape index (κ3) is 3.32. The largest absolute Gasteiger partial charge is 0.459 e. The van der Waals surface area contributed by atoms with Crippen LogP contribution in [0.1, 0.15) is 18.2 Å². The van der Waals surface area contributed by atoms with Crippen molar-refractivity contribution in [3.63, 3.8) is 0 Å². The number of benzene rings is 1. The standard InChI is InChI=1S/C14H17F3N2O/c1-2-19(9-14(15,16)17)8-13-11(7-18)10-5-3-4-6-12(10)20-13/h3-6H,2,7-9,18H2,1H3. The molecule has 6 heteroatoms. The van der Waals surface area contributed by atoms with Crippen molar-refractivity contribution in [2.45, 2.75) is 26.2 Å². The van der Waals surface area contributed by atoms with Gasteiger partial charge in [0, 0.05) is 17.5 Å². The summed E-state index contributed by atoms with van der Waals surface area (Å²) in [7, 11) is 0. The summed E-state index contributed by atoms with van der Waals surface area (Å²) in [4.78, 5) is 1.29. The zero-order chi connectivity index (χ0) is 14.8. The maximum absolute atomic E-state index is 12.5. The Hall–Kier alpha value is -1.53. The summed E-state index contributed by atoms with van der Waals surface area (Å²) in [5.74, 6) is 0.514. The van der Waals surface area contributed by atoms with E-state index in [0.29, 0.717) is 17.9 Å². The smallest absolute Gasteiger partial charge is 0.401 e. The number of rotatable bonds is 5. The van der Waals surface area contributed by atoms with E-state index >= 15 is 0 Å². The highest BCUT2D eigenvalue weighted by molar-refractivity contribution is 5.82. The van der Waals surface area contributed by atoms with Gasteiger partial charge in [0.25, 0.3) is 0 Å². The van der Waals surface area contributed by atoms with Crippen molar-refractivity contribution in [1.29, 1.82) is 0 Å². The van der Waals surface area contributed by atoms with Crippen LogP contribution in [0, 0.1) is 0 Å². The van der Waals surface area contributed by atoms with Gasteiger partial charge < -0.3 is 10.2 Å². The number of fused-ring (bicyclic) bond motifs is 1. The molecule has 0 fully saturated rings. The van der Waals surface area contributed by atoms with Gasteiger partial charge >= 0.3 is 6.18 Å². The lowest BCUT2D eigenvalue weighted by Gasteiger charge is -2.21. The molecule has 3 nitrogen and oxygen atoms in total. The average Bonchev–Trinajstić information content (AvgIpc) is 2.73. The molecule has 1 aromatic heterocycles. The first-order chi connectivity index (χ1) is 9.44. The van der Waals surface area contributed by atoms with Crippen molar-refractivity contribution >= 4 is 11.0 Å². The van der Waals surface area contributed by atoms with Gasteiger partial charge in [-0.25, -0.2) is 0 Å². The Morgan fingerprint density at radius 1 is 1.25 bits per heavy atom. The Morgan fingerprint density at radius 2 is 1.95 bits per heavy atom. The Balaban J connectivity index is 2.28. The number of halogens is 3. The van der Waals surface area contributed by atoms with Crippen LogP contribution < -0.4 is 5.73 Å². The van der Waals surface area contributed by atoms with Crippen LogP contribution in [0.2, 0.25) is 0 Å². The maximum atomic E-state index is 12.5. The fraction of sp³-hybridized carbons (Fsp3) is 0.429. The Labute approximate surface area is 115 Å². The van der Waals surface area contributed by atoms with Crippen LogP contribution in [0.4, 0.5) is 13.2 Å². The molecule has 2 aromatic rings. The SMILES string of the molecule is CCN(Cc1oc2ccccc2c1CN)CC(F)(F)F. The first kappa shape index (κ1) is 14.9. The number of furan rings is 1. The summed E-state index contributed by atoms with van der Waals surface area (Å²) in [5, 5.41) is 0.869. The van der Waals surface area contributed by atoms with Crippen molar-refractivity contribution in [2.24, 2.45) is 5.73 Å². The highest BCUT2D eigenvalue weighted by Gasteiger charge is 2.30. The van der Waals surface area contributed by atoms with Gasteiger partial charge in [-0.15, -0.1) is 0 Å². The van der Waals surface area contributed by atoms with Gasteiger partial charge in [-0.2, -0.15) is 13.2 Å². The van der Waals surface area contributed by atoms with Crippen molar-refractivity contribution < 1.29 is 17.6 Å². The van der Waals surface area contributed by atoms with E-state index in [2.05, 4.69) is 0 Å². The Morgan fingerprint density at radius 3 is 2.55 bits per heavy atom. The molecule has 1 heterocycles. The molecular formula is C14H17F3N2O. The highest BCUT2D eigenvalue weighted by Crippen LogP contribution is 2.27. The summed E-state index contributed by atoms with van der Waals surface area (Å²) >= 11 is 0. The van der Waals surface area contributed by atoms with Gasteiger partial charge in [-0.3, -0.25) is 4.90 Å². The number of para-hydroxylation sites is 1. The fourth-order valence-corrected chi connectivity index (χ4v) is 2.24. The molecule has 1 aromatic carbocycles. The molecule has 2 N–H and O–H groups in total. The second-order valence-corrected chi connectivity index (χ2v) is 4.62. The van der Waals surface area contributed by atoms with Gasteiger partial charge in [0.2, 0.25) is 0 Å². The van der Waals surface area contributed by atoms with Gasteiger partial charge in [-0.05, 0) is 12.6 Å². The minimum atomic E-state index is -4.22. The van der Waals surface area contributed by atoms with Crippen molar-refractivity contribution in [1.82, 2.24) is 4.90 Å². The van der Waals surface area contributed by atoms with Gasteiger partial charge in [-0.1, -0.05) is 25.1 Å².